The zero-order chi connectivity index (χ0) is 8.23. The fourth-order valence-corrected chi connectivity index (χ4v) is 1.29. The topological polar surface area (TPSA) is 43.1 Å². The summed E-state index contributed by atoms with van der Waals surface area (Å²) in [6.07, 6.45) is 5.21. The second kappa shape index (κ2) is 3.49. The molecule has 1 saturated heterocycles. The molecular formula is C8H11N4-. The zero-order valence-corrected chi connectivity index (χ0v) is 6.85. The molecule has 2 heterocycles. The molecule has 0 atom stereocenters. The van der Waals surface area contributed by atoms with Gasteiger partial charge in [-0.15, -0.1) is 13.1 Å². The summed E-state index contributed by atoms with van der Waals surface area (Å²) in [5.41, 5.74) is 0. The fourth-order valence-electron chi connectivity index (χ4n) is 1.29. The summed E-state index contributed by atoms with van der Waals surface area (Å²) in [6, 6.07) is 0. The van der Waals surface area contributed by atoms with E-state index < -0.39 is 0 Å². The van der Waals surface area contributed by atoms with Gasteiger partial charge >= 0.3 is 0 Å². The summed E-state index contributed by atoms with van der Waals surface area (Å²) >= 11 is 0. The van der Waals surface area contributed by atoms with Crippen LogP contribution in [0.15, 0.2) is 18.6 Å². The average Bonchev–Trinajstić information content (AvgIpc) is 2.21. The summed E-state index contributed by atoms with van der Waals surface area (Å²) in [4.78, 5) is 10.5. The highest BCUT2D eigenvalue weighted by atomic mass is 15.2. The van der Waals surface area contributed by atoms with Crippen molar-refractivity contribution in [3.63, 3.8) is 0 Å². The van der Waals surface area contributed by atoms with Gasteiger partial charge in [-0.25, -0.2) is 4.98 Å². The van der Waals surface area contributed by atoms with Gasteiger partial charge in [0.25, 0.3) is 0 Å². The summed E-state index contributed by atoms with van der Waals surface area (Å²) in [6.45, 7) is 3.77. The Kier molecular flexibility index (Phi) is 2.18. The lowest BCUT2D eigenvalue weighted by molar-refractivity contribution is 0.744. The zero-order valence-electron chi connectivity index (χ0n) is 6.85. The highest BCUT2D eigenvalue weighted by molar-refractivity contribution is 5.36. The molecule has 64 valence electrons. The molecule has 1 aliphatic rings. The van der Waals surface area contributed by atoms with Gasteiger partial charge in [-0.05, 0) is 0 Å². The van der Waals surface area contributed by atoms with E-state index in [0.29, 0.717) is 0 Å². The van der Waals surface area contributed by atoms with Crippen LogP contribution >= 0.6 is 0 Å². The van der Waals surface area contributed by atoms with E-state index in [2.05, 4.69) is 20.2 Å². The van der Waals surface area contributed by atoms with E-state index in [9.17, 15) is 0 Å². The van der Waals surface area contributed by atoms with Gasteiger partial charge in [0, 0.05) is 25.5 Å². The molecular weight excluding hydrogens is 152 g/mol. The molecule has 2 rings (SSSR count). The predicted molar refractivity (Wildman–Crippen MR) is 47.3 cm³/mol. The summed E-state index contributed by atoms with van der Waals surface area (Å²) < 4.78 is 0. The predicted octanol–water partition coefficient (Wildman–Crippen LogP) is 0.670. The Bertz CT molecular complexity index is 230. The Morgan fingerprint density at radius 3 is 2.75 bits per heavy atom. The van der Waals surface area contributed by atoms with Crippen LogP contribution < -0.4 is 4.90 Å². The number of piperazine rings is 1. The van der Waals surface area contributed by atoms with Crippen LogP contribution in [0, 0.1) is 0 Å². The summed E-state index contributed by atoms with van der Waals surface area (Å²) in [5.74, 6) is 0.965. The van der Waals surface area contributed by atoms with Crippen LogP contribution in [0.4, 0.5) is 5.82 Å². The Labute approximate surface area is 71.6 Å². The molecule has 12 heavy (non-hydrogen) atoms. The molecule has 1 aromatic heterocycles. The highest BCUT2D eigenvalue weighted by Crippen LogP contribution is 2.10. The minimum atomic E-state index is 0.913. The van der Waals surface area contributed by atoms with E-state index in [4.69, 9.17) is 0 Å². The van der Waals surface area contributed by atoms with Crippen LogP contribution in [0.25, 0.3) is 5.32 Å². The fraction of sp³-hybridized carbons (Fsp3) is 0.500. The van der Waals surface area contributed by atoms with E-state index in [0.717, 1.165) is 32.0 Å². The first-order chi connectivity index (χ1) is 5.97. The Hall–Kier alpha value is -1.16. The second-order valence-corrected chi connectivity index (χ2v) is 2.72. The lowest BCUT2D eigenvalue weighted by Gasteiger charge is -2.35. The molecule has 0 N–H and O–H groups in total. The molecule has 4 heteroatoms. The van der Waals surface area contributed by atoms with Crippen LogP contribution in [0.2, 0.25) is 0 Å². The number of rotatable bonds is 1. The number of hydrogen-bond acceptors (Lipinski definition) is 3. The van der Waals surface area contributed by atoms with Gasteiger partial charge < -0.3 is 10.2 Å². The smallest absolute Gasteiger partial charge is 0.146 e. The molecule has 0 spiro atoms. The van der Waals surface area contributed by atoms with Crippen LogP contribution in [-0.2, 0) is 0 Å². The van der Waals surface area contributed by atoms with Crippen molar-refractivity contribution < 1.29 is 0 Å². The van der Waals surface area contributed by atoms with Crippen LogP contribution in [-0.4, -0.2) is 36.1 Å². The van der Waals surface area contributed by atoms with Gasteiger partial charge in [0.1, 0.15) is 5.82 Å². The summed E-state index contributed by atoms with van der Waals surface area (Å²) in [5, 5.41) is 4.26. The van der Waals surface area contributed by atoms with Crippen LogP contribution in [0.5, 0.6) is 0 Å². The third-order valence-corrected chi connectivity index (χ3v) is 1.93. The molecule has 0 aliphatic carbocycles. The second-order valence-electron chi connectivity index (χ2n) is 2.72. The third-order valence-electron chi connectivity index (χ3n) is 1.93. The molecule has 0 amide bonds. The van der Waals surface area contributed by atoms with Crippen molar-refractivity contribution in [1.29, 1.82) is 0 Å². The van der Waals surface area contributed by atoms with Gasteiger partial charge in [0.05, 0.1) is 6.20 Å². The molecule has 1 fully saturated rings. The first kappa shape index (κ1) is 7.49. The highest BCUT2D eigenvalue weighted by Gasteiger charge is 2.05. The normalized spacial score (nSPS) is 17.8. The molecule has 4 nitrogen and oxygen atoms in total. The number of aromatic nitrogens is 2. The number of anilines is 1. The number of hydrogen-bond donors (Lipinski definition) is 0. The Morgan fingerprint density at radius 1 is 1.25 bits per heavy atom. The maximum Gasteiger partial charge on any atom is 0.146 e. The Balaban J connectivity index is 2.08. The molecule has 0 aromatic carbocycles. The van der Waals surface area contributed by atoms with Crippen molar-refractivity contribution in [2.45, 2.75) is 0 Å². The van der Waals surface area contributed by atoms with Gasteiger partial charge in [0.15, 0.2) is 0 Å². The molecule has 0 saturated carbocycles. The van der Waals surface area contributed by atoms with Crippen molar-refractivity contribution in [1.82, 2.24) is 9.97 Å². The molecule has 1 aromatic rings. The van der Waals surface area contributed by atoms with Crippen LogP contribution in [0.1, 0.15) is 0 Å². The quantitative estimate of drug-likeness (QED) is 0.611. The van der Waals surface area contributed by atoms with Gasteiger partial charge in [-0.2, -0.15) is 0 Å². The van der Waals surface area contributed by atoms with E-state index >= 15 is 0 Å². The third kappa shape index (κ3) is 1.53. The maximum atomic E-state index is 4.26. The maximum absolute atomic E-state index is 4.26. The first-order valence-electron chi connectivity index (χ1n) is 4.11. The SMILES string of the molecule is c1cnc(N2CC[N-]CC2)cn1. The minimum absolute atomic E-state index is 0.913. The molecule has 0 radical (unpaired) electrons. The lowest BCUT2D eigenvalue weighted by Crippen LogP contribution is -2.34. The van der Waals surface area contributed by atoms with Crippen molar-refractivity contribution in [2.75, 3.05) is 31.1 Å². The monoisotopic (exact) mass is 163 g/mol. The van der Waals surface area contributed by atoms with Crippen molar-refractivity contribution in [2.24, 2.45) is 0 Å². The largest absolute Gasteiger partial charge is 0.659 e. The first-order valence-corrected chi connectivity index (χ1v) is 4.11. The Morgan fingerprint density at radius 2 is 2.08 bits per heavy atom. The summed E-state index contributed by atoms with van der Waals surface area (Å²) in [7, 11) is 0. The van der Waals surface area contributed by atoms with Crippen LogP contribution in [0.3, 0.4) is 0 Å². The lowest BCUT2D eigenvalue weighted by atomic mass is 10.4. The van der Waals surface area contributed by atoms with E-state index in [-0.39, 0.29) is 0 Å². The number of nitrogens with zero attached hydrogens (tertiary/aromatic N) is 4. The molecule has 1 aliphatic heterocycles. The van der Waals surface area contributed by atoms with Crippen molar-refractivity contribution in [3.05, 3.63) is 23.9 Å². The van der Waals surface area contributed by atoms with E-state index in [1.165, 1.54) is 0 Å². The van der Waals surface area contributed by atoms with Gasteiger partial charge in [-0.3, -0.25) is 4.98 Å². The van der Waals surface area contributed by atoms with Crippen molar-refractivity contribution in [3.8, 4) is 0 Å². The molecule has 0 unspecified atom stereocenters. The van der Waals surface area contributed by atoms with E-state index in [1.807, 2.05) is 0 Å². The minimum Gasteiger partial charge on any atom is -0.659 e. The standard InChI is InChI=1S/C8H11N4/c1-2-11-8(7-10-1)12-5-3-9-4-6-12/h1-2,7H,3-6H2/q-1. The average molecular weight is 163 g/mol. The van der Waals surface area contributed by atoms with Crippen molar-refractivity contribution >= 4 is 5.82 Å². The molecule has 0 bridgehead atoms. The van der Waals surface area contributed by atoms with Gasteiger partial charge in [-0.1, -0.05) is 0 Å². The van der Waals surface area contributed by atoms with E-state index in [1.54, 1.807) is 18.6 Å². The van der Waals surface area contributed by atoms with Gasteiger partial charge in [0.2, 0.25) is 0 Å².